The Bertz CT molecular complexity index is 117. The van der Waals surface area contributed by atoms with Gasteiger partial charge in [-0.1, -0.05) is 6.58 Å². The van der Waals surface area contributed by atoms with Crippen LogP contribution in [0.15, 0.2) is 12.2 Å². The van der Waals surface area contributed by atoms with Crippen LogP contribution in [-0.2, 0) is 9.53 Å². The van der Waals surface area contributed by atoms with E-state index in [1.54, 1.807) is 13.8 Å². The second-order valence-electron chi connectivity index (χ2n) is 1.50. The molecule has 0 rings (SSSR count). The molecule has 0 saturated heterocycles. The molecule has 9 heavy (non-hydrogen) atoms. The van der Waals surface area contributed by atoms with Crippen molar-refractivity contribution in [3.8, 4) is 0 Å². The van der Waals surface area contributed by atoms with Gasteiger partial charge in [0.1, 0.15) is 0 Å². The van der Waals surface area contributed by atoms with E-state index in [4.69, 9.17) is 0 Å². The molecule has 0 radical (unpaired) electrons. The van der Waals surface area contributed by atoms with Crippen LogP contribution < -0.4 is 29.6 Å². The number of esters is 1. The van der Waals surface area contributed by atoms with Crippen LogP contribution in [0.1, 0.15) is 16.7 Å². The van der Waals surface area contributed by atoms with E-state index in [9.17, 15) is 4.79 Å². The smallest absolute Gasteiger partial charge is 1.00 e. The maximum atomic E-state index is 10.4. The molecular formula is C6H12NaO2+. The second-order valence-corrected chi connectivity index (χ2v) is 1.50. The Morgan fingerprint density at radius 3 is 2.44 bits per heavy atom. The Hall–Kier alpha value is 0.210. The number of hydrogen-bond donors (Lipinski definition) is 0. The van der Waals surface area contributed by atoms with Gasteiger partial charge in [0, 0.05) is 5.57 Å². The summed E-state index contributed by atoms with van der Waals surface area (Å²) in [4.78, 5) is 10.4. The van der Waals surface area contributed by atoms with Gasteiger partial charge in [0.05, 0.1) is 6.61 Å². The van der Waals surface area contributed by atoms with Gasteiger partial charge >= 0.3 is 37.0 Å². The Kier molecular flexibility index (Phi) is 8.40. The summed E-state index contributed by atoms with van der Waals surface area (Å²) in [5.41, 5.74) is 0.451. The van der Waals surface area contributed by atoms with E-state index in [0.29, 0.717) is 12.2 Å². The van der Waals surface area contributed by atoms with Gasteiger partial charge < -0.3 is 6.16 Å². The second kappa shape index (κ2) is 6.33. The average molecular weight is 139 g/mol. The summed E-state index contributed by atoms with van der Waals surface area (Å²) in [6.07, 6.45) is 0. The molecule has 0 saturated carbocycles. The predicted octanol–water partition coefficient (Wildman–Crippen LogP) is -1.65. The minimum absolute atomic E-state index is 0. The largest absolute Gasteiger partial charge is 1.00 e. The first-order chi connectivity index (χ1) is 3.68. The van der Waals surface area contributed by atoms with Crippen LogP contribution >= 0.6 is 0 Å². The third kappa shape index (κ3) is 6.09. The van der Waals surface area contributed by atoms with Crippen molar-refractivity contribution in [1.82, 2.24) is 0 Å². The van der Waals surface area contributed by atoms with Crippen molar-refractivity contribution >= 4 is 5.97 Å². The molecular weight excluding hydrogens is 127 g/mol. The Morgan fingerprint density at radius 1 is 1.89 bits per heavy atom. The van der Waals surface area contributed by atoms with Gasteiger partial charge in [0.2, 0.25) is 0 Å². The van der Waals surface area contributed by atoms with E-state index in [-0.39, 0.29) is 38.4 Å². The summed E-state index contributed by atoms with van der Waals surface area (Å²) in [5.74, 6) is -0.312. The van der Waals surface area contributed by atoms with E-state index < -0.39 is 0 Å². The molecule has 2 nitrogen and oxygen atoms in total. The molecule has 0 fully saturated rings. The molecule has 0 aromatic rings. The maximum Gasteiger partial charge on any atom is 1.00 e. The van der Waals surface area contributed by atoms with Crippen LogP contribution in [0.3, 0.4) is 0 Å². The van der Waals surface area contributed by atoms with Crippen LogP contribution in [-0.4, -0.2) is 12.6 Å². The SMILES string of the molecule is C=C(C)C(=O)OCC.[H+].[H-].[Na+]. The van der Waals surface area contributed by atoms with Crippen molar-refractivity contribution in [2.75, 3.05) is 6.61 Å². The molecule has 3 heteroatoms. The van der Waals surface area contributed by atoms with Gasteiger partial charge in [-0.25, -0.2) is 4.79 Å². The van der Waals surface area contributed by atoms with Crippen LogP contribution in [0, 0.1) is 0 Å². The fraction of sp³-hybridized carbons (Fsp3) is 0.500. The predicted molar refractivity (Wildman–Crippen MR) is 33.7 cm³/mol. The van der Waals surface area contributed by atoms with Gasteiger partial charge in [-0.15, -0.1) is 0 Å². The summed E-state index contributed by atoms with van der Waals surface area (Å²) in [7, 11) is 0. The summed E-state index contributed by atoms with van der Waals surface area (Å²) in [6, 6.07) is 0. The fourth-order valence-corrected chi connectivity index (χ4v) is 0.254. The summed E-state index contributed by atoms with van der Waals surface area (Å²) in [6.45, 7) is 7.21. The molecule has 0 aliphatic carbocycles. The minimum Gasteiger partial charge on any atom is -1.00 e. The average Bonchev–Trinajstić information content (AvgIpc) is 1.67. The van der Waals surface area contributed by atoms with E-state index in [1.807, 2.05) is 0 Å². The van der Waals surface area contributed by atoms with Gasteiger partial charge in [-0.05, 0) is 13.8 Å². The molecule has 0 N–H and O–H groups in total. The summed E-state index contributed by atoms with van der Waals surface area (Å²) < 4.78 is 4.56. The van der Waals surface area contributed by atoms with Crippen molar-refractivity contribution in [3.05, 3.63) is 12.2 Å². The van der Waals surface area contributed by atoms with E-state index in [2.05, 4.69) is 11.3 Å². The van der Waals surface area contributed by atoms with Crippen molar-refractivity contribution in [2.24, 2.45) is 0 Å². The monoisotopic (exact) mass is 139 g/mol. The van der Waals surface area contributed by atoms with Crippen LogP contribution in [0.5, 0.6) is 0 Å². The van der Waals surface area contributed by atoms with Gasteiger partial charge in [-0.2, -0.15) is 0 Å². The molecule has 0 bridgehead atoms. The first-order valence-corrected chi connectivity index (χ1v) is 2.51. The zero-order valence-electron chi connectivity index (χ0n) is 8.23. The summed E-state index contributed by atoms with van der Waals surface area (Å²) >= 11 is 0. The van der Waals surface area contributed by atoms with Crippen LogP contribution in [0.2, 0.25) is 0 Å². The summed E-state index contributed by atoms with van der Waals surface area (Å²) in [5, 5.41) is 0. The molecule has 0 aromatic heterocycles. The fourth-order valence-electron chi connectivity index (χ4n) is 0.254. The molecule has 0 aliphatic rings. The van der Waals surface area contributed by atoms with Gasteiger partial charge in [0.25, 0.3) is 0 Å². The number of rotatable bonds is 2. The number of ether oxygens (including phenoxy) is 1. The first kappa shape index (κ1) is 11.9. The van der Waals surface area contributed by atoms with E-state index >= 15 is 0 Å². The number of carbonyl (C=O) groups is 1. The number of hydrogen-bond acceptors (Lipinski definition) is 2. The quantitative estimate of drug-likeness (QED) is 0.260. The standard InChI is InChI=1S/C6H10O2.Na.H/c1-4-8-6(7)5(2)3;;/h2,4H2,1,3H3;;/q;+1;-1/p+1. The molecule has 0 spiro atoms. The Morgan fingerprint density at radius 2 is 2.33 bits per heavy atom. The zero-order chi connectivity index (χ0) is 6.57. The van der Waals surface area contributed by atoms with Crippen molar-refractivity contribution < 1.29 is 41.9 Å². The normalized spacial score (nSPS) is 7.33. The topological polar surface area (TPSA) is 26.3 Å². The van der Waals surface area contributed by atoms with Crippen molar-refractivity contribution in [1.29, 1.82) is 0 Å². The van der Waals surface area contributed by atoms with Crippen LogP contribution in [0.4, 0.5) is 0 Å². The Balaban J connectivity index is -0.0000000817. The van der Waals surface area contributed by atoms with E-state index in [0.717, 1.165) is 0 Å². The van der Waals surface area contributed by atoms with Gasteiger partial charge in [0.15, 0.2) is 0 Å². The number of carbonyl (C=O) groups excluding carboxylic acids is 1. The Labute approximate surface area is 80.5 Å². The van der Waals surface area contributed by atoms with E-state index in [1.165, 1.54) is 0 Å². The van der Waals surface area contributed by atoms with Crippen molar-refractivity contribution in [2.45, 2.75) is 13.8 Å². The van der Waals surface area contributed by atoms with Gasteiger partial charge in [-0.3, -0.25) is 0 Å². The van der Waals surface area contributed by atoms with Crippen LogP contribution in [0.25, 0.3) is 0 Å². The van der Waals surface area contributed by atoms with Crippen molar-refractivity contribution in [3.63, 3.8) is 0 Å². The third-order valence-electron chi connectivity index (χ3n) is 0.624. The molecule has 0 aromatic carbocycles. The minimum atomic E-state index is -0.312. The maximum absolute atomic E-state index is 10.4. The first-order valence-electron chi connectivity index (χ1n) is 2.51. The molecule has 0 heterocycles. The third-order valence-corrected chi connectivity index (χ3v) is 0.624. The molecule has 0 atom stereocenters. The molecule has 0 aliphatic heterocycles. The zero-order valence-corrected chi connectivity index (χ0v) is 8.23. The molecule has 0 unspecified atom stereocenters. The molecule has 0 amide bonds. The molecule has 48 valence electrons.